The smallest absolute Gasteiger partial charge is 0.328 e. The predicted octanol–water partition coefficient (Wildman–Crippen LogP) is 1.82. The lowest BCUT2D eigenvalue weighted by Gasteiger charge is -2.34. The van der Waals surface area contributed by atoms with Crippen molar-refractivity contribution < 1.29 is 57.6 Å². The summed E-state index contributed by atoms with van der Waals surface area (Å²) in [7, 11) is -3.43. The largest absolute Gasteiger partial charge is 0.481 e. The molecule has 4 aliphatic carbocycles. The van der Waals surface area contributed by atoms with Gasteiger partial charge in [0.2, 0.25) is 12.1 Å². The number of nitrogens with zero attached hydrogens (tertiary/aromatic N) is 2. The van der Waals surface area contributed by atoms with Crippen molar-refractivity contribution >= 4 is 27.7 Å². The van der Waals surface area contributed by atoms with Gasteiger partial charge in [0.05, 0.1) is 34.9 Å². The van der Waals surface area contributed by atoms with Crippen LogP contribution in [-0.2, 0) is 38.9 Å². The number of hydroxylamine groups is 2. The fraction of sp³-hybridized carbons (Fsp3) is 0.893. The maximum atomic E-state index is 13.4. The Bertz CT molecular complexity index is 1250. The number of carboxylic acids is 2. The summed E-state index contributed by atoms with van der Waals surface area (Å²) in [6.07, 6.45) is 3.94. The highest BCUT2D eigenvalue weighted by atomic mass is 32.2. The van der Waals surface area contributed by atoms with Crippen LogP contribution in [0.25, 0.3) is 0 Å². The summed E-state index contributed by atoms with van der Waals surface area (Å²) in [6, 6.07) is -2.35. The first kappa shape index (κ1) is 36.8. The van der Waals surface area contributed by atoms with Crippen molar-refractivity contribution in [3.8, 4) is 0 Å². The zero-order valence-electron chi connectivity index (χ0n) is 26.0. The van der Waals surface area contributed by atoms with Crippen molar-refractivity contribution in [1.29, 1.82) is 0 Å². The molecule has 0 aromatic carbocycles. The van der Waals surface area contributed by atoms with Crippen LogP contribution in [0.4, 0.5) is 0 Å². The van der Waals surface area contributed by atoms with Crippen LogP contribution in [0, 0.1) is 43.9 Å². The lowest BCUT2D eigenvalue weighted by Crippen LogP contribution is -2.45. The Morgan fingerprint density at radius 2 is 1.17 bits per heavy atom. The molecule has 0 bridgehead atoms. The van der Waals surface area contributed by atoms with Gasteiger partial charge in [0, 0.05) is 47.6 Å². The van der Waals surface area contributed by atoms with Crippen molar-refractivity contribution in [2.45, 2.75) is 125 Å². The molecule has 4 N–H and O–H groups in total. The summed E-state index contributed by atoms with van der Waals surface area (Å²) in [5.74, 6) is -6.69. The molecule has 4 aliphatic rings. The molecule has 47 heavy (non-hydrogen) atoms. The molecular formula is C28H44N4O14S. The molecule has 0 heterocycles. The van der Waals surface area contributed by atoms with Crippen LogP contribution < -0.4 is 11.0 Å². The molecule has 4 rings (SSSR count). The first-order valence-corrected chi connectivity index (χ1v) is 17.8. The molecule has 0 amide bonds. The molecule has 266 valence electrons. The van der Waals surface area contributed by atoms with Gasteiger partial charge in [-0.25, -0.2) is 13.3 Å². The third-order valence-electron chi connectivity index (χ3n) is 10.5. The minimum atomic E-state index is -3.43. The van der Waals surface area contributed by atoms with Crippen molar-refractivity contribution in [3.63, 3.8) is 0 Å². The second-order valence-electron chi connectivity index (χ2n) is 13.3. The Hall–Kier alpha value is -3.00. The van der Waals surface area contributed by atoms with Gasteiger partial charge in [0.25, 0.3) is 0 Å². The molecule has 0 saturated heterocycles. The van der Waals surface area contributed by atoms with Gasteiger partial charge in [-0.1, -0.05) is 0 Å². The van der Waals surface area contributed by atoms with E-state index in [2.05, 4.69) is 11.0 Å². The number of sulfone groups is 1. The van der Waals surface area contributed by atoms with Crippen LogP contribution in [-0.4, -0.2) is 87.7 Å². The molecule has 4 saturated carbocycles. The Balaban J connectivity index is 1.13. The minimum absolute atomic E-state index is 0.0346. The average Bonchev–Trinajstić information content (AvgIpc) is 3.05. The quantitative estimate of drug-likeness (QED) is 0.0875. The molecule has 0 aromatic heterocycles. The number of carbonyl (C=O) groups excluding carboxylic acids is 1. The van der Waals surface area contributed by atoms with Crippen LogP contribution in [0.3, 0.4) is 0 Å². The maximum Gasteiger partial charge on any atom is 0.328 e. The first-order chi connectivity index (χ1) is 22.3. The van der Waals surface area contributed by atoms with Crippen LogP contribution >= 0.6 is 0 Å². The summed E-state index contributed by atoms with van der Waals surface area (Å²) in [4.78, 5) is 72.5. The summed E-state index contributed by atoms with van der Waals surface area (Å²) >= 11 is 0. The number of rotatable bonds is 14. The summed E-state index contributed by atoms with van der Waals surface area (Å²) in [6.45, 7) is -0.0390. The summed E-state index contributed by atoms with van der Waals surface area (Å²) < 4.78 is 26.8. The number of carboxylic acid groups (broad SMARTS) is 2. The van der Waals surface area contributed by atoms with E-state index < -0.39 is 83.8 Å². The molecule has 18 nitrogen and oxygen atoms in total. The molecule has 6 unspecified atom stereocenters. The molecular weight excluding hydrogens is 648 g/mol. The summed E-state index contributed by atoms with van der Waals surface area (Å²) in [5.41, 5.74) is 5.44. The van der Waals surface area contributed by atoms with E-state index in [1.807, 2.05) is 0 Å². The van der Waals surface area contributed by atoms with E-state index in [0.717, 1.165) is 0 Å². The highest BCUT2D eigenvalue weighted by Gasteiger charge is 2.45. The van der Waals surface area contributed by atoms with Crippen LogP contribution in [0.5, 0.6) is 0 Å². The van der Waals surface area contributed by atoms with Gasteiger partial charge in [0.1, 0.15) is 0 Å². The zero-order chi connectivity index (χ0) is 34.3. The Morgan fingerprint density at radius 3 is 1.68 bits per heavy atom. The van der Waals surface area contributed by atoms with Crippen LogP contribution in [0.15, 0.2) is 0 Å². The lowest BCUT2D eigenvalue weighted by atomic mass is 9.77. The molecule has 0 aliphatic heterocycles. The molecule has 0 radical (unpaired) electrons. The standard InChI is InChI=1S/C28H44N4O14S/c33-26(34)24-13-19(31(38)39)6-1-16(24)15-44-46-30-18-4-10-22(11-5-18)47(42,43)21-8-2-17(3-9-21)29-45-28(37)23-12-7-20(32(40)41)14-25(23)27(35)36/h16-25,29-30H,1-15H2,(H,33,34)(H,35,36). The number of nitrogens with one attached hydrogen (secondary N) is 2. The van der Waals surface area contributed by atoms with E-state index in [-0.39, 0.29) is 50.8 Å². The molecule has 0 spiro atoms. The van der Waals surface area contributed by atoms with Gasteiger partial charge in [-0.05, 0) is 70.1 Å². The second kappa shape index (κ2) is 16.4. The van der Waals surface area contributed by atoms with Crippen molar-refractivity contribution in [2.24, 2.45) is 23.7 Å². The highest BCUT2D eigenvalue weighted by Crippen LogP contribution is 2.35. The van der Waals surface area contributed by atoms with E-state index in [0.29, 0.717) is 57.8 Å². The number of hydrogen-bond donors (Lipinski definition) is 4. The zero-order valence-corrected chi connectivity index (χ0v) is 26.8. The van der Waals surface area contributed by atoms with Gasteiger partial charge in [-0.15, -0.1) is 4.99 Å². The lowest BCUT2D eigenvalue weighted by molar-refractivity contribution is -0.528. The Morgan fingerprint density at radius 1 is 0.681 bits per heavy atom. The number of hydrogen-bond acceptors (Lipinski definition) is 14. The normalized spacial score (nSPS) is 35.0. The topological polar surface area (TPSA) is 264 Å². The van der Waals surface area contributed by atoms with Crippen molar-refractivity contribution in [2.75, 3.05) is 6.61 Å². The average molecular weight is 693 g/mol. The number of nitro groups is 2. The van der Waals surface area contributed by atoms with E-state index in [1.165, 1.54) is 0 Å². The van der Waals surface area contributed by atoms with E-state index >= 15 is 0 Å². The van der Waals surface area contributed by atoms with Gasteiger partial charge in [-0.3, -0.25) is 34.6 Å². The SMILES string of the molecule is O=C(O)C1CC([N+](=O)[O-])CCC1COONC1CCC(S(=O)(=O)C2CCC(NOC(=O)C3CCC([N+](=O)[O-])CC3C(=O)O)CC2)CC1. The van der Waals surface area contributed by atoms with Crippen LogP contribution in [0.1, 0.15) is 89.9 Å². The third-order valence-corrected chi connectivity index (χ3v) is 13.3. The number of carbonyl (C=O) groups is 3. The van der Waals surface area contributed by atoms with Crippen molar-refractivity contribution in [1.82, 2.24) is 11.0 Å². The van der Waals surface area contributed by atoms with E-state index in [1.54, 1.807) is 0 Å². The number of aliphatic carboxylic acids is 2. The first-order valence-electron chi connectivity index (χ1n) is 16.2. The third kappa shape index (κ3) is 9.55. The monoisotopic (exact) mass is 692 g/mol. The van der Waals surface area contributed by atoms with Gasteiger partial charge in [0.15, 0.2) is 9.84 Å². The second-order valence-corrected chi connectivity index (χ2v) is 15.8. The van der Waals surface area contributed by atoms with Gasteiger partial charge < -0.3 is 15.1 Å². The van der Waals surface area contributed by atoms with E-state index in [9.17, 15) is 53.2 Å². The molecule has 6 atom stereocenters. The molecule has 0 aromatic rings. The van der Waals surface area contributed by atoms with Crippen LogP contribution in [0.2, 0.25) is 0 Å². The maximum absolute atomic E-state index is 13.4. The predicted molar refractivity (Wildman–Crippen MR) is 159 cm³/mol. The van der Waals surface area contributed by atoms with Gasteiger partial charge in [-0.2, -0.15) is 11.0 Å². The van der Waals surface area contributed by atoms with Crippen molar-refractivity contribution in [3.05, 3.63) is 20.2 Å². The fourth-order valence-corrected chi connectivity index (χ4v) is 9.93. The van der Waals surface area contributed by atoms with Gasteiger partial charge >= 0.3 is 17.9 Å². The molecule has 19 heteroatoms. The van der Waals surface area contributed by atoms with E-state index in [4.69, 9.17) is 14.7 Å². The summed E-state index contributed by atoms with van der Waals surface area (Å²) in [5, 5.41) is 40.0. The molecule has 4 fully saturated rings. The Kier molecular flexibility index (Phi) is 12.9. The minimum Gasteiger partial charge on any atom is -0.481 e. The fourth-order valence-electron chi connectivity index (χ4n) is 7.53. The highest BCUT2D eigenvalue weighted by molar-refractivity contribution is 7.92. The Labute approximate surface area is 271 Å².